The largest absolute Gasteiger partial charge is 0.392 e. The van der Waals surface area contributed by atoms with Crippen LogP contribution in [0.4, 0.5) is 0 Å². The molecule has 0 spiro atoms. The maximum Gasteiger partial charge on any atom is 0.233 e. The van der Waals surface area contributed by atoms with Crippen LogP contribution < -0.4 is 11.1 Å². The van der Waals surface area contributed by atoms with Gasteiger partial charge in [-0.25, -0.2) is 0 Å². The summed E-state index contributed by atoms with van der Waals surface area (Å²) in [6.07, 6.45) is 3.58. The molecule has 4 nitrogen and oxygen atoms in total. The van der Waals surface area contributed by atoms with Crippen LogP contribution in [0.1, 0.15) is 25.7 Å². The van der Waals surface area contributed by atoms with Gasteiger partial charge in [0.05, 0.1) is 23.1 Å². The third kappa shape index (κ3) is 2.13. The highest BCUT2D eigenvalue weighted by atomic mass is 32.1. The molecule has 1 saturated heterocycles. The summed E-state index contributed by atoms with van der Waals surface area (Å²) in [6, 6.07) is 0.137. The molecule has 1 heterocycles. The zero-order valence-electron chi connectivity index (χ0n) is 8.62. The lowest BCUT2D eigenvalue weighted by atomic mass is 10.0. The van der Waals surface area contributed by atoms with Gasteiger partial charge in [0.25, 0.3) is 0 Å². The van der Waals surface area contributed by atoms with Gasteiger partial charge in [0.1, 0.15) is 0 Å². The molecule has 5 heteroatoms. The van der Waals surface area contributed by atoms with E-state index in [1.54, 1.807) is 0 Å². The molecule has 84 valence electrons. The minimum absolute atomic E-state index is 0.00880. The number of carbonyl (C=O) groups excluding carboxylic acids is 1. The first-order valence-corrected chi connectivity index (χ1v) is 5.74. The molecule has 0 radical (unpaired) electrons. The molecule has 2 fully saturated rings. The van der Waals surface area contributed by atoms with E-state index in [9.17, 15) is 4.79 Å². The number of ether oxygens (including phenoxy) is 1. The van der Waals surface area contributed by atoms with Crippen molar-refractivity contribution >= 4 is 23.1 Å². The Morgan fingerprint density at radius 1 is 1.53 bits per heavy atom. The van der Waals surface area contributed by atoms with Crippen LogP contribution in [0.3, 0.4) is 0 Å². The number of amides is 1. The molecule has 15 heavy (non-hydrogen) atoms. The van der Waals surface area contributed by atoms with Crippen LogP contribution in [0, 0.1) is 5.41 Å². The van der Waals surface area contributed by atoms with Gasteiger partial charge >= 0.3 is 0 Å². The van der Waals surface area contributed by atoms with Crippen LogP contribution >= 0.6 is 12.2 Å². The van der Waals surface area contributed by atoms with Crippen molar-refractivity contribution in [1.82, 2.24) is 5.32 Å². The molecule has 0 aromatic rings. The highest BCUT2D eigenvalue weighted by Crippen LogP contribution is 2.46. The van der Waals surface area contributed by atoms with E-state index in [2.05, 4.69) is 5.32 Å². The fourth-order valence-electron chi connectivity index (χ4n) is 1.89. The molecule has 1 unspecified atom stereocenters. The quantitative estimate of drug-likeness (QED) is 0.684. The predicted molar refractivity (Wildman–Crippen MR) is 60.4 cm³/mol. The molecule has 1 amide bonds. The third-order valence-electron chi connectivity index (χ3n) is 3.15. The first kappa shape index (κ1) is 10.8. The van der Waals surface area contributed by atoms with Crippen LogP contribution in [0.25, 0.3) is 0 Å². The first-order chi connectivity index (χ1) is 7.15. The predicted octanol–water partition coefficient (Wildman–Crippen LogP) is 0.348. The van der Waals surface area contributed by atoms with Crippen LogP contribution in [-0.2, 0) is 9.53 Å². The van der Waals surface area contributed by atoms with E-state index in [1.165, 1.54) is 0 Å². The highest BCUT2D eigenvalue weighted by molar-refractivity contribution is 7.80. The van der Waals surface area contributed by atoms with Gasteiger partial charge in [-0.05, 0) is 25.7 Å². The summed E-state index contributed by atoms with van der Waals surface area (Å²) in [4.78, 5) is 12.2. The molecule has 0 aromatic carbocycles. The Labute approximate surface area is 94.5 Å². The molecule has 3 N–H and O–H groups in total. The fraction of sp³-hybridized carbons (Fsp3) is 0.800. The molecule has 0 aromatic heterocycles. The standard InChI is InChI=1S/C10H16N2O2S/c11-8(15)10(3-4-10)9(13)12-7-2-1-5-14-6-7/h7H,1-6H2,(H2,11,15)(H,12,13). The maximum absolute atomic E-state index is 11.9. The summed E-state index contributed by atoms with van der Waals surface area (Å²) in [7, 11) is 0. The number of hydrogen-bond donors (Lipinski definition) is 2. The van der Waals surface area contributed by atoms with Gasteiger partial charge in [0, 0.05) is 6.61 Å². The van der Waals surface area contributed by atoms with Crippen molar-refractivity contribution in [2.45, 2.75) is 31.7 Å². The van der Waals surface area contributed by atoms with Crippen molar-refractivity contribution in [1.29, 1.82) is 0 Å². The fourth-order valence-corrected chi connectivity index (χ4v) is 2.19. The van der Waals surface area contributed by atoms with E-state index in [0.717, 1.165) is 32.3 Å². The average Bonchev–Trinajstić information content (AvgIpc) is 2.99. The number of rotatable bonds is 3. The molecule has 1 atom stereocenters. The smallest absolute Gasteiger partial charge is 0.233 e. The summed E-state index contributed by atoms with van der Waals surface area (Å²) in [6.45, 7) is 1.41. The van der Waals surface area contributed by atoms with E-state index in [0.29, 0.717) is 11.6 Å². The van der Waals surface area contributed by atoms with Crippen LogP contribution in [0.15, 0.2) is 0 Å². The Balaban J connectivity index is 1.89. The molecule has 1 aliphatic heterocycles. The van der Waals surface area contributed by atoms with Crippen molar-refractivity contribution in [2.75, 3.05) is 13.2 Å². The average molecular weight is 228 g/mol. The molecule has 0 bridgehead atoms. The van der Waals surface area contributed by atoms with Crippen molar-refractivity contribution in [2.24, 2.45) is 11.1 Å². The minimum atomic E-state index is -0.535. The third-order valence-corrected chi connectivity index (χ3v) is 3.54. The monoisotopic (exact) mass is 228 g/mol. The SMILES string of the molecule is NC(=S)C1(C(=O)NC2CCCOC2)CC1. The summed E-state index contributed by atoms with van der Waals surface area (Å²) in [5.41, 5.74) is 5.04. The van der Waals surface area contributed by atoms with Gasteiger partial charge in [-0.3, -0.25) is 4.79 Å². The van der Waals surface area contributed by atoms with E-state index < -0.39 is 5.41 Å². The van der Waals surface area contributed by atoms with Gasteiger partial charge in [0.15, 0.2) is 0 Å². The van der Waals surface area contributed by atoms with Crippen molar-refractivity contribution < 1.29 is 9.53 Å². The lowest BCUT2D eigenvalue weighted by Gasteiger charge is -2.25. The Kier molecular flexibility index (Phi) is 2.93. The second-order valence-electron chi connectivity index (χ2n) is 4.33. The highest BCUT2D eigenvalue weighted by Gasteiger charge is 2.53. The van der Waals surface area contributed by atoms with Gasteiger partial charge in [-0.15, -0.1) is 0 Å². The van der Waals surface area contributed by atoms with E-state index in [4.69, 9.17) is 22.7 Å². The zero-order chi connectivity index (χ0) is 10.9. The normalized spacial score (nSPS) is 28.1. The molecular formula is C10H16N2O2S. The zero-order valence-corrected chi connectivity index (χ0v) is 9.44. The second kappa shape index (κ2) is 4.06. The molecule has 2 rings (SSSR count). The summed E-state index contributed by atoms with van der Waals surface area (Å²) < 4.78 is 5.30. The number of nitrogens with one attached hydrogen (secondary N) is 1. The number of nitrogens with two attached hydrogens (primary N) is 1. The lowest BCUT2D eigenvalue weighted by Crippen LogP contribution is -2.47. The molecular weight excluding hydrogens is 212 g/mol. The molecule has 2 aliphatic rings. The minimum Gasteiger partial charge on any atom is -0.392 e. The molecule has 1 saturated carbocycles. The number of carbonyl (C=O) groups is 1. The van der Waals surface area contributed by atoms with Crippen LogP contribution in [-0.4, -0.2) is 30.2 Å². The van der Waals surface area contributed by atoms with Crippen molar-refractivity contribution in [3.05, 3.63) is 0 Å². The lowest BCUT2D eigenvalue weighted by molar-refractivity contribution is -0.125. The summed E-state index contributed by atoms with van der Waals surface area (Å²) in [5.74, 6) is -0.00880. The second-order valence-corrected chi connectivity index (χ2v) is 4.77. The molecule has 1 aliphatic carbocycles. The topological polar surface area (TPSA) is 64.4 Å². The number of hydrogen-bond acceptors (Lipinski definition) is 3. The van der Waals surface area contributed by atoms with Crippen molar-refractivity contribution in [3.8, 4) is 0 Å². The van der Waals surface area contributed by atoms with Crippen LogP contribution in [0.2, 0.25) is 0 Å². The van der Waals surface area contributed by atoms with Gasteiger partial charge in [0.2, 0.25) is 5.91 Å². The Bertz CT molecular complexity index is 283. The Morgan fingerprint density at radius 2 is 2.27 bits per heavy atom. The Hall–Kier alpha value is -0.680. The first-order valence-electron chi connectivity index (χ1n) is 5.34. The van der Waals surface area contributed by atoms with Crippen LogP contribution in [0.5, 0.6) is 0 Å². The van der Waals surface area contributed by atoms with E-state index >= 15 is 0 Å². The Morgan fingerprint density at radius 3 is 2.73 bits per heavy atom. The van der Waals surface area contributed by atoms with E-state index in [-0.39, 0.29) is 11.9 Å². The van der Waals surface area contributed by atoms with Crippen molar-refractivity contribution in [3.63, 3.8) is 0 Å². The maximum atomic E-state index is 11.9. The summed E-state index contributed by atoms with van der Waals surface area (Å²) >= 11 is 4.92. The van der Waals surface area contributed by atoms with E-state index in [1.807, 2.05) is 0 Å². The van der Waals surface area contributed by atoms with Gasteiger partial charge < -0.3 is 15.8 Å². The number of thiocarbonyl (C=S) groups is 1. The van der Waals surface area contributed by atoms with Gasteiger partial charge in [-0.1, -0.05) is 12.2 Å². The van der Waals surface area contributed by atoms with Gasteiger partial charge in [-0.2, -0.15) is 0 Å². The summed E-state index contributed by atoms with van der Waals surface area (Å²) in [5, 5.41) is 2.97.